The summed E-state index contributed by atoms with van der Waals surface area (Å²) in [7, 11) is 1.33. The Morgan fingerprint density at radius 1 is 1.15 bits per heavy atom. The molecule has 0 aromatic rings. The lowest BCUT2D eigenvalue weighted by molar-refractivity contribution is -0.245. The van der Waals surface area contributed by atoms with Crippen LogP contribution in [-0.4, -0.2) is 34.5 Å². The maximum atomic E-state index is 11.8. The number of rotatable bonds is 2. The van der Waals surface area contributed by atoms with E-state index in [0.29, 0.717) is 12.3 Å². The summed E-state index contributed by atoms with van der Waals surface area (Å²) in [6, 6.07) is 0. The molecular formula is C16H26O4. The Labute approximate surface area is 120 Å². The smallest absolute Gasteiger partial charge is 0.308 e. The van der Waals surface area contributed by atoms with Crippen LogP contribution < -0.4 is 0 Å². The van der Waals surface area contributed by atoms with E-state index in [9.17, 15) is 15.0 Å². The van der Waals surface area contributed by atoms with E-state index in [-0.39, 0.29) is 23.2 Å². The predicted molar refractivity (Wildman–Crippen MR) is 73.9 cm³/mol. The Morgan fingerprint density at radius 2 is 1.75 bits per heavy atom. The fourth-order valence-corrected chi connectivity index (χ4v) is 5.56. The molecule has 0 spiro atoms. The molecule has 0 heterocycles. The number of carbonyl (C=O) groups is 1. The predicted octanol–water partition coefficient (Wildman–Crippen LogP) is 1.88. The summed E-state index contributed by atoms with van der Waals surface area (Å²) in [5.41, 5.74) is -2.54. The Kier molecular flexibility index (Phi) is 2.70. The van der Waals surface area contributed by atoms with Gasteiger partial charge < -0.3 is 14.9 Å². The molecule has 0 aliphatic heterocycles. The molecule has 4 heteroatoms. The average Bonchev–Trinajstić information content (AvgIpc) is 2.74. The van der Waals surface area contributed by atoms with Crippen LogP contribution in [0.5, 0.6) is 0 Å². The van der Waals surface area contributed by atoms with Gasteiger partial charge in [0.15, 0.2) is 0 Å². The number of methoxy groups -OCH3 is 1. The molecule has 0 aromatic carbocycles. The van der Waals surface area contributed by atoms with Crippen LogP contribution in [0.25, 0.3) is 0 Å². The Hall–Kier alpha value is -0.610. The van der Waals surface area contributed by atoms with E-state index in [0.717, 1.165) is 19.3 Å². The van der Waals surface area contributed by atoms with Crippen molar-refractivity contribution in [1.82, 2.24) is 0 Å². The number of carbonyl (C=O) groups excluding carboxylic acids is 1. The largest absolute Gasteiger partial charge is 0.469 e. The molecule has 20 heavy (non-hydrogen) atoms. The molecule has 0 bridgehead atoms. The second kappa shape index (κ2) is 3.77. The van der Waals surface area contributed by atoms with Gasteiger partial charge in [0.25, 0.3) is 0 Å². The summed E-state index contributed by atoms with van der Waals surface area (Å²) >= 11 is 0. The number of ether oxygens (including phenoxy) is 1. The zero-order valence-corrected chi connectivity index (χ0v) is 12.9. The van der Waals surface area contributed by atoms with E-state index >= 15 is 0 Å². The first-order chi connectivity index (χ1) is 9.10. The van der Waals surface area contributed by atoms with Crippen LogP contribution in [-0.2, 0) is 9.53 Å². The van der Waals surface area contributed by atoms with Crippen molar-refractivity contribution in [2.75, 3.05) is 7.11 Å². The van der Waals surface area contributed by atoms with Crippen molar-refractivity contribution in [3.8, 4) is 0 Å². The van der Waals surface area contributed by atoms with Crippen LogP contribution in [0.2, 0.25) is 0 Å². The number of fused-ring (bicyclic) bond motifs is 3. The van der Waals surface area contributed by atoms with Crippen molar-refractivity contribution in [2.45, 2.75) is 64.1 Å². The van der Waals surface area contributed by atoms with Gasteiger partial charge in [0.05, 0.1) is 19.1 Å². The highest BCUT2D eigenvalue weighted by Gasteiger charge is 2.79. The van der Waals surface area contributed by atoms with Crippen LogP contribution in [0.15, 0.2) is 0 Å². The standard InChI is InChI=1S/C16H26O4/c1-13(2)7-10-11(8-13)15(18,9-12(17)20-4)16(19)6-5-14(10,16)3/h10-11,18-19H,5-9H2,1-4H3/t10-,11+,14+,15+,16-/m0/s1. The summed E-state index contributed by atoms with van der Waals surface area (Å²) in [5.74, 6) is -0.138. The first kappa shape index (κ1) is 14.3. The molecule has 114 valence electrons. The van der Waals surface area contributed by atoms with Crippen molar-refractivity contribution >= 4 is 5.97 Å². The molecule has 0 aromatic heterocycles. The second-order valence-electron chi connectivity index (χ2n) is 8.24. The van der Waals surface area contributed by atoms with Crippen LogP contribution in [0.4, 0.5) is 0 Å². The van der Waals surface area contributed by atoms with Crippen LogP contribution in [0, 0.1) is 22.7 Å². The van der Waals surface area contributed by atoms with E-state index in [4.69, 9.17) is 4.74 Å². The Bertz CT molecular complexity index is 459. The quantitative estimate of drug-likeness (QED) is 0.759. The average molecular weight is 282 g/mol. The topological polar surface area (TPSA) is 66.8 Å². The minimum absolute atomic E-state index is 0.00546. The monoisotopic (exact) mass is 282 g/mol. The molecule has 3 saturated carbocycles. The summed E-state index contributed by atoms with van der Waals surface area (Å²) in [4.78, 5) is 11.8. The zero-order valence-electron chi connectivity index (χ0n) is 12.9. The van der Waals surface area contributed by atoms with Gasteiger partial charge in [0.1, 0.15) is 5.60 Å². The third-order valence-electron chi connectivity index (χ3n) is 6.77. The molecular weight excluding hydrogens is 256 g/mol. The fraction of sp³-hybridized carbons (Fsp3) is 0.938. The van der Waals surface area contributed by atoms with E-state index in [1.54, 1.807) is 0 Å². The van der Waals surface area contributed by atoms with Crippen molar-refractivity contribution in [3.63, 3.8) is 0 Å². The lowest BCUT2D eigenvalue weighted by Gasteiger charge is -2.57. The maximum absolute atomic E-state index is 11.8. The minimum atomic E-state index is -1.33. The van der Waals surface area contributed by atoms with Gasteiger partial charge in [-0.15, -0.1) is 0 Å². The summed E-state index contributed by atoms with van der Waals surface area (Å²) in [6.07, 6.45) is 3.31. The molecule has 2 N–H and O–H groups in total. The van der Waals surface area contributed by atoms with Gasteiger partial charge in [-0.2, -0.15) is 0 Å². The van der Waals surface area contributed by atoms with Crippen molar-refractivity contribution in [2.24, 2.45) is 22.7 Å². The van der Waals surface area contributed by atoms with E-state index < -0.39 is 17.2 Å². The number of aliphatic hydroxyl groups is 2. The van der Waals surface area contributed by atoms with Gasteiger partial charge in [-0.25, -0.2) is 0 Å². The molecule has 0 amide bonds. The number of hydrogen-bond acceptors (Lipinski definition) is 4. The van der Waals surface area contributed by atoms with Crippen molar-refractivity contribution < 1.29 is 19.7 Å². The summed E-state index contributed by atoms with van der Waals surface area (Å²) in [6.45, 7) is 6.51. The Morgan fingerprint density at radius 3 is 2.25 bits per heavy atom. The van der Waals surface area contributed by atoms with Crippen LogP contribution in [0.3, 0.4) is 0 Å². The van der Waals surface area contributed by atoms with Gasteiger partial charge in [-0.3, -0.25) is 4.79 Å². The molecule has 0 radical (unpaired) electrons. The molecule has 4 nitrogen and oxygen atoms in total. The molecule has 3 fully saturated rings. The minimum Gasteiger partial charge on any atom is -0.469 e. The highest BCUT2D eigenvalue weighted by molar-refractivity contribution is 5.71. The second-order valence-corrected chi connectivity index (χ2v) is 8.24. The van der Waals surface area contributed by atoms with E-state index in [2.05, 4.69) is 20.8 Å². The normalized spacial score (nSPS) is 52.1. The van der Waals surface area contributed by atoms with E-state index in [1.165, 1.54) is 7.11 Å². The van der Waals surface area contributed by atoms with Crippen molar-refractivity contribution in [3.05, 3.63) is 0 Å². The third-order valence-corrected chi connectivity index (χ3v) is 6.77. The van der Waals surface area contributed by atoms with Gasteiger partial charge in [0, 0.05) is 5.41 Å². The highest BCUT2D eigenvalue weighted by atomic mass is 16.5. The third kappa shape index (κ3) is 1.42. The first-order valence-electron chi connectivity index (χ1n) is 7.61. The lowest BCUT2D eigenvalue weighted by Crippen LogP contribution is -2.66. The molecule has 3 aliphatic carbocycles. The molecule has 3 rings (SSSR count). The first-order valence-corrected chi connectivity index (χ1v) is 7.61. The number of esters is 1. The van der Waals surface area contributed by atoms with Gasteiger partial charge in [-0.1, -0.05) is 20.8 Å². The highest BCUT2D eigenvalue weighted by Crippen LogP contribution is 2.75. The van der Waals surface area contributed by atoms with Gasteiger partial charge >= 0.3 is 5.97 Å². The van der Waals surface area contributed by atoms with Crippen LogP contribution >= 0.6 is 0 Å². The van der Waals surface area contributed by atoms with Gasteiger partial charge in [0.2, 0.25) is 0 Å². The molecule has 0 unspecified atom stereocenters. The van der Waals surface area contributed by atoms with Gasteiger partial charge in [-0.05, 0) is 42.9 Å². The lowest BCUT2D eigenvalue weighted by atomic mass is 9.52. The summed E-state index contributed by atoms with van der Waals surface area (Å²) in [5, 5.41) is 22.3. The van der Waals surface area contributed by atoms with Crippen molar-refractivity contribution in [1.29, 1.82) is 0 Å². The SMILES string of the molecule is COC(=O)C[C@@]1(O)[C@@H]2CC(C)(C)C[C@@H]2[C@@]2(C)CC[C@@]12O. The number of hydrogen-bond donors (Lipinski definition) is 2. The maximum Gasteiger partial charge on any atom is 0.308 e. The molecule has 3 aliphatic rings. The zero-order chi connectivity index (χ0) is 15.0. The van der Waals surface area contributed by atoms with E-state index in [1.807, 2.05) is 0 Å². The summed E-state index contributed by atoms with van der Waals surface area (Å²) < 4.78 is 4.75. The fourth-order valence-electron chi connectivity index (χ4n) is 5.56. The Balaban J connectivity index is 2.02. The van der Waals surface area contributed by atoms with Crippen LogP contribution in [0.1, 0.15) is 52.9 Å². The molecule has 5 atom stereocenters. The molecule has 0 saturated heterocycles.